The third-order valence-corrected chi connectivity index (χ3v) is 3.98. The Bertz CT molecular complexity index is 769. The zero-order chi connectivity index (χ0) is 17.1. The Morgan fingerprint density at radius 2 is 2.29 bits per heavy atom. The van der Waals surface area contributed by atoms with Crippen LogP contribution in [-0.4, -0.2) is 57.3 Å². The number of carbonyl (C=O) groups is 1. The quantitative estimate of drug-likeness (QED) is 0.823. The molecule has 24 heavy (non-hydrogen) atoms. The van der Waals surface area contributed by atoms with Crippen LogP contribution < -0.4 is 10.5 Å². The van der Waals surface area contributed by atoms with Crippen molar-refractivity contribution in [2.24, 2.45) is 5.73 Å². The second-order valence-electron chi connectivity index (χ2n) is 5.74. The zero-order valence-corrected chi connectivity index (χ0v) is 13.7. The number of aromatic nitrogens is 4. The molecule has 8 nitrogen and oxygen atoms in total. The van der Waals surface area contributed by atoms with Crippen LogP contribution in [0.3, 0.4) is 0 Å². The van der Waals surface area contributed by atoms with Crippen LogP contribution in [0.4, 0.5) is 0 Å². The first-order chi connectivity index (χ1) is 11.6. The summed E-state index contributed by atoms with van der Waals surface area (Å²) >= 11 is 0. The van der Waals surface area contributed by atoms with Gasteiger partial charge in [0.25, 0.3) is 5.91 Å². The predicted octanol–water partition coefficient (Wildman–Crippen LogP) is 0.548. The van der Waals surface area contributed by atoms with Crippen LogP contribution in [0, 0.1) is 6.92 Å². The minimum Gasteiger partial charge on any atom is -0.497 e. The Morgan fingerprint density at radius 1 is 1.46 bits per heavy atom. The van der Waals surface area contributed by atoms with Gasteiger partial charge in [-0.05, 0) is 47.5 Å². The fourth-order valence-electron chi connectivity index (χ4n) is 2.69. The van der Waals surface area contributed by atoms with Crippen molar-refractivity contribution in [3.05, 3.63) is 35.7 Å². The Balaban J connectivity index is 2.00. The number of hydrogen-bond donors (Lipinski definition) is 1. The van der Waals surface area contributed by atoms with Crippen molar-refractivity contribution in [3.8, 4) is 5.75 Å². The van der Waals surface area contributed by atoms with E-state index in [1.807, 2.05) is 24.3 Å². The Hall–Kier alpha value is -2.74. The van der Waals surface area contributed by atoms with Gasteiger partial charge in [0.05, 0.1) is 7.11 Å². The van der Waals surface area contributed by atoms with Crippen LogP contribution in [0.15, 0.2) is 24.3 Å². The highest BCUT2D eigenvalue weighted by atomic mass is 16.5. The lowest BCUT2D eigenvalue weighted by atomic mass is 10.1. The second-order valence-corrected chi connectivity index (χ2v) is 5.74. The lowest BCUT2D eigenvalue weighted by molar-refractivity contribution is -0.124. The summed E-state index contributed by atoms with van der Waals surface area (Å²) in [5.41, 5.74) is 7.14. The summed E-state index contributed by atoms with van der Waals surface area (Å²) in [7, 11) is 1.60. The Morgan fingerprint density at radius 3 is 2.92 bits per heavy atom. The molecule has 0 saturated carbocycles. The molecule has 1 aromatic carbocycles. The van der Waals surface area contributed by atoms with E-state index in [0.29, 0.717) is 30.4 Å². The number of tetrazole rings is 1. The first kappa shape index (κ1) is 16.1. The molecule has 0 aliphatic carbocycles. The summed E-state index contributed by atoms with van der Waals surface area (Å²) < 4.78 is 6.69. The van der Waals surface area contributed by atoms with Crippen molar-refractivity contribution >= 4 is 17.7 Å². The van der Waals surface area contributed by atoms with Crippen LogP contribution >= 0.6 is 0 Å². The number of ether oxygens (including phenoxy) is 1. The van der Waals surface area contributed by atoms with Gasteiger partial charge in [-0.15, -0.1) is 5.10 Å². The summed E-state index contributed by atoms with van der Waals surface area (Å²) in [5.74, 6) is 1.12. The molecule has 2 heterocycles. The normalized spacial score (nSPS) is 18.0. The maximum atomic E-state index is 13.0. The van der Waals surface area contributed by atoms with Crippen LogP contribution in [-0.2, 0) is 4.79 Å². The van der Waals surface area contributed by atoms with E-state index in [2.05, 4.69) is 15.5 Å². The number of nitrogens with two attached hydrogens (primary N) is 1. The molecule has 1 atom stereocenters. The predicted molar refractivity (Wildman–Crippen MR) is 88.9 cm³/mol. The minimum absolute atomic E-state index is 0.0157. The SMILES string of the molecule is COc1cccc(/C=C(/C(=O)N2CC[C@@H](N)C2)n2nnnc2C)c1. The average Bonchev–Trinajstić information content (AvgIpc) is 3.21. The van der Waals surface area contributed by atoms with Gasteiger partial charge in [-0.2, -0.15) is 4.68 Å². The third kappa shape index (κ3) is 3.28. The lowest BCUT2D eigenvalue weighted by Crippen LogP contribution is -2.34. The molecule has 0 radical (unpaired) electrons. The monoisotopic (exact) mass is 328 g/mol. The fraction of sp³-hybridized carbons (Fsp3) is 0.375. The van der Waals surface area contributed by atoms with Gasteiger partial charge >= 0.3 is 0 Å². The number of hydrogen-bond acceptors (Lipinski definition) is 6. The molecule has 126 valence electrons. The van der Waals surface area contributed by atoms with Gasteiger partial charge in [-0.3, -0.25) is 4.79 Å². The molecular formula is C16H20N6O2. The van der Waals surface area contributed by atoms with E-state index in [1.54, 1.807) is 25.0 Å². The topological polar surface area (TPSA) is 99.2 Å². The smallest absolute Gasteiger partial charge is 0.272 e. The van der Waals surface area contributed by atoms with Crippen LogP contribution in [0.25, 0.3) is 11.8 Å². The van der Waals surface area contributed by atoms with Gasteiger partial charge in [0.15, 0.2) is 5.82 Å². The summed E-state index contributed by atoms with van der Waals surface area (Å²) in [6, 6.07) is 7.47. The van der Waals surface area contributed by atoms with Gasteiger partial charge in [0.2, 0.25) is 0 Å². The maximum absolute atomic E-state index is 13.0. The van der Waals surface area contributed by atoms with E-state index in [4.69, 9.17) is 10.5 Å². The Labute approximate surface area is 139 Å². The molecule has 3 rings (SSSR count). The van der Waals surface area contributed by atoms with Crippen molar-refractivity contribution in [2.75, 3.05) is 20.2 Å². The number of likely N-dealkylation sites (tertiary alicyclic amines) is 1. The average molecular weight is 328 g/mol. The number of carbonyl (C=O) groups excluding carboxylic acids is 1. The van der Waals surface area contributed by atoms with Crippen LogP contribution in [0.1, 0.15) is 17.8 Å². The van der Waals surface area contributed by atoms with Crippen molar-refractivity contribution in [2.45, 2.75) is 19.4 Å². The number of methoxy groups -OCH3 is 1. The molecule has 1 saturated heterocycles. The number of amides is 1. The van der Waals surface area contributed by atoms with E-state index in [9.17, 15) is 4.79 Å². The zero-order valence-electron chi connectivity index (χ0n) is 13.7. The molecule has 1 aromatic heterocycles. The summed E-state index contributed by atoms with van der Waals surface area (Å²) in [4.78, 5) is 14.7. The van der Waals surface area contributed by atoms with E-state index >= 15 is 0 Å². The van der Waals surface area contributed by atoms with Gasteiger partial charge in [-0.25, -0.2) is 0 Å². The number of benzene rings is 1. The second kappa shape index (κ2) is 6.79. The lowest BCUT2D eigenvalue weighted by Gasteiger charge is -2.18. The third-order valence-electron chi connectivity index (χ3n) is 3.98. The molecule has 1 aliphatic heterocycles. The highest BCUT2D eigenvalue weighted by Crippen LogP contribution is 2.20. The van der Waals surface area contributed by atoms with E-state index in [1.165, 1.54) is 4.68 Å². The molecule has 1 fully saturated rings. The van der Waals surface area contributed by atoms with Crippen molar-refractivity contribution in [1.29, 1.82) is 0 Å². The molecule has 0 unspecified atom stereocenters. The number of rotatable bonds is 4. The molecule has 1 amide bonds. The summed E-state index contributed by atoms with van der Waals surface area (Å²) in [6.07, 6.45) is 2.56. The number of nitrogens with zero attached hydrogens (tertiary/aromatic N) is 5. The first-order valence-corrected chi connectivity index (χ1v) is 7.74. The first-order valence-electron chi connectivity index (χ1n) is 7.74. The molecule has 8 heteroatoms. The Kier molecular flexibility index (Phi) is 4.57. The fourth-order valence-corrected chi connectivity index (χ4v) is 2.69. The standard InChI is InChI=1S/C16H20N6O2/c1-11-18-19-20-22(11)15(16(23)21-7-6-13(17)10-21)9-12-4-3-5-14(8-12)24-2/h3-5,8-9,13H,6-7,10,17H2,1-2H3/b15-9-/t13-/m1/s1. The number of aryl methyl sites for hydroxylation is 1. The summed E-state index contributed by atoms with van der Waals surface area (Å²) in [5, 5.41) is 11.5. The molecular weight excluding hydrogens is 308 g/mol. The van der Waals surface area contributed by atoms with Gasteiger partial charge in [0, 0.05) is 19.1 Å². The van der Waals surface area contributed by atoms with Gasteiger partial charge < -0.3 is 15.4 Å². The molecule has 0 spiro atoms. The van der Waals surface area contributed by atoms with Crippen LogP contribution in [0.2, 0.25) is 0 Å². The largest absolute Gasteiger partial charge is 0.497 e. The van der Waals surface area contributed by atoms with Gasteiger partial charge in [-0.1, -0.05) is 12.1 Å². The van der Waals surface area contributed by atoms with Crippen molar-refractivity contribution in [1.82, 2.24) is 25.1 Å². The highest BCUT2D eigenvalue weighted by molar-refractivity contribution is 6.18. The van der Waals surface area contributed by atoms with E-state index in [0.717, 1.165) is 12.0 Å². The summed E-state index contributed by atoms with van der Waals surface area (Å²) in [6.45, 7) is 2.93. The van der Waals surface area contributed by atoms with Crippen LogP contribution in [0.5, 0.6) is 5.75 Å². The van der Waals surface area contributed by atoms with Crippen molar-refractivity contribution in [3.63, 3.8) is 0 Å². The molecule has 1 aliphatic rings. The van der Waals surface area contributed by atoms with Crippen molar-refractivity contribution < 1.29 is 9.53 Å². The molecule has 2 aromatic rings. The van der Waals surface area contributed by atoms with E-state index < -0.39 is 0 Å². The van der Waals surface area contributed by atoms with E-state index in [-0.39, 0.29) is 11.9 Å². The minimum atomic E-state index is -0.138. The maximum Gasteiger partial charge on any atom is 0.272 e. The highest BCUT2D eigenvalue weighted by Gasteiger charge is 2.28. The molecule has 0 bridgehead atoms. The van der Waals surface area contributed by atoms with Gasteiger partial charge in [0.1, 0.15) is 11.4 Å². The molecule has 2 N–H and O–H groups in total.